The van der Waals surface area contributed by atoms with Crippen LogP contribution in [0.1, 0.15) is 38.5 Å². The van der Waals surface area contributed by atoms with Crippen LogP contribution in [0.2, 0.25) is 5.02 Å². The van der Waals surface area contributed by atoms with Crippen LogP contribution in [0.25, 0.3) is 0 Å². The van der Waals surface area contributed by atoms with Crippen molar-refractivity contribution in [1.29, 1.82) is 0 Å². The molecule has 0 aromatic carbocycles. The summed E-state index contributed by atoms with van der Waals surface area (Å²) in [6, 6.07) is 1.75. The zero-order valence-electron chi connectivity index (χ0n) is 13.9. The average molecular weight is 361 g/mol. The second-order valence-electron chi connectivity index (χ2n) is 5.73. The predicted octanol–water partition coefficient (Wildman–Crippen LogP) is 3.61. The van der Waals surface area contributed by atoms with E-state index in [4.69, 9.17) is 16.3 Å². The van der Waals surface area contributed by atoms with Gasteiger partial charge in [-0.25, -0.2) is 4.79 Å². The summed E-state index contributed by atoms with van der Waals surface area (Å²) in [4.78, 5) is 24.6. The second kappa shape index (κ2) is 10.5. The van der Waals surface area contributed by atoms with Crippen molar-refractivity contribution in [3.8, 4) is 0 Å². The molecular formula is C16H25ClN2O3S. The van der Waals surface area contributed by atoms with Crippen LogP contribution >= 0.6 is 22.9 Å². The zero-order valence-corrected chi connectivity index (χ0v) is 15.4. The number of aryl methyl sites for hydroxylation is 1. The van der Waals surface area contributed by atoms with Gasteiger partial charge in [0, 0.05) is 29.3 Å². The van der Waals surface area contributed by atoms with Crippen LogP contribution < -0.4 is 10.6 Å². The summed E-state index contributed by atoms with van der Waals surface area (Å²) in [5.74, 6) is 0.376. The molecule has 130 valence electrons. The van der Waals surface area contributed by atoms with Crippen molar-refractivity contribution in [2.75, 3.05) is 13.2 Å². The Morgan fingerprint density at radius 3 is 2.70 bits per heavy atom. The highest BCUT2D eigenvalue weighted by atomic mass is 35.5. The molecule has 1 atom stereocenters. The number of amides is 2. The first-order chi connectivity index (χ1) is 10.9. The fourth-order valence-electron chi connectivity index (χ4n) is 2.15. The fourth-order valence-corrected chi connectivity index (χ4v) is 3.23. The summed E-state index contributed by atoms with van der Waals surface area (Å²) < 4.78 is 4.89. The number of rotatable bonds is 9. The number of halogens is 1. The van der Waals surface area contributed by atoms with Gasteiger partial charge in [0.05, 0.1) is 11.6 Å². The quantitative estimate of drug-likeness (QED) is 0.706. The van der Waals surface area contributed by atoms with Crippen LogP contribution in [0.15, 0.2) is 11.4 Å². The smallest absolute Gasteiger partial charge is 0.407 e. The van der Waals surface area contributed by atoms with Crippen molar-refractivity contribution in [3.05, 3.63) is 21.3 Å². The van der Waals surface area contributed by atoms with E-state index in [2.05, 4.69) is 24.5 Å². The van der Waals surface area contributed by atoms with Crippen molar-refractivity contribution in [1.82, 2.24) is 10.6 Å². The maximum Gasteiger partial charge on any atom is 0.407 e. The van der Waals surface area contributed by atoms with Gasteiger partial charge in [0.25, 0.3) is 0 Å². The molecule has 2 N–H and O–H groups in total. The highest BCUT2D eigenvalue weighted by molar-refractivity contribution is 7.10. The molecule has 0 aliphatic carbocycles. The third-order valence-electron chi connectivity index (χ3n) is 3.12. The highest BCUT2D eigenvalue weighted by Crippen LogP contribution is 2.20. The van der Waals surface area contributed by atoms with Gasteiger partial charge < -0.3 is 15.4 Å². The number of hydrogen-bond acceptors (Lipinski definition) is 4. The van der Waals surface area contributed by atoms with E-state index in [9.17, 15) is 9.59 Å². The van der Waals surface area contributed by atoms with Crippen LogP contribution in [0.4, 0.5) is 4.79 Å². The number of alkyl carbamates (subject to hydrolysis) is 1. The highest BCUT2D eigenvalue weighted by Gasteiger charge is 2.15. The Morgan fingerprint density at radius 2 is 2.13 bits per heavy atom. The molecule has 1 aromatic heterocycles. The van der Waals surface area contributed by atoms with Gasteiger partial charge >= 0.3 is 6.09 Å². The topological polar surface area (TPSA) is 67.4 Å². The number of nitrogens with one attached hydrogen (secondary N) is 2. The molecule has 1 unspecified atom stereocenters. The largest absolute Gasteiger partial charge is 0.450 e. The molecule has 0 aliphatic rings. The lowest BCUT2D eigenvalue weighted by Crippen LogP contribution is -2.44. The van der Waals surface area contributed by atoms with Crippen molar-refractivity contribution >= 4 is 34.9 Å². The number of thiophene rings is 1. The first kappa shape index (κ1) is 19.8. The maximum atomic E-state index is 11.9. The van der Waals surface area contributed by atoms with Crippen molar-refractivity contribution in [2.24, 2.45) is 5.92 Å². The molecule has 0 aliphatic heterocycles. The molecule has 1 rings (SSSR count). The van der Waals surface area contributed by atoms with E-state index in [0.717, 1.165) is 11.3 Å². The van der Waals surface area contributed by atoms with E-state index >= 15 is 0 Å². The normalized spacial score (nSPS) is 12.0. The third-order valence-corrected chi connectivity index (χ3v) is 4.46. The molecule has 0 fully saturated rings. The Kier molecular flexibility index (Phi) is 9.02. The first-order valence-corrected chi connectivity index (χ1v) is 9.09. The molecule has 7 heteroatoms. The SMILES string of the molecule is CCOC(=O)NC(CNC(=O)CCc1cc(Cl)cs1)CC(C)C. The van der Waals surface area contributed by atoms with Crippen LogP contribution in [-0.2, 0) is 16.0 Å². The summed E-state index contributed by atoms with van der Waals surface area (Å²) in [5.41, 5.74) is 0. The Balaban J connectivity index is 2.36. The molecule has 23 heavy (non-hydrogen) atoms. The monoisotopic (exact) mass is 360 g/mol. The molecule has 0 saturated heterocycles. The van der Waals surface area contributed by atoms with Crippen LogP contribution in [0.3, 0.4) is 0 Å². The molecule has 0 bridgehead atoms. The minimum absolute atomic E-state index is 0.0334. The van der Waals surface area contributed by atoms with Crippen molar-refractivity contribution in [3.63, 3.8) is 0 Å². The lowest BCUT2D eigenvalue weighted by atomic mass is 10.0. The molecule has 2 amide bonds. The summed E-state index contributed by atoms with van der Waals surface area (Å²) in [6.07, 6.45) is 1.41. The van der Waals surface area contributed by atoms with E-state index in [0.29, 0.717) is 36.9 Å². The number of carbonyl (C=O) groups is 2. The van der Waals surface area contributed by atoms with E-state index in [1.807, 2.05) is 11.4 Å². The zero-order chi connectivity index (χ0) is 17.2. The Hall–Kier alpha value is -1.27. The molecule has 0 spiro atoms. The maximum absolute atomic E-state index is 11.9. The van der Waals surface area contributed by atoms with Crippen LogP contribution in [0, 0.1) is 5.92 Å². The summed E-state index contributed by atoms with van der Waals surface area (Å²) in [7, 11) is 0. The van der Waals surface area contributed by atoms with Crippen molar-refractivity contribution < 1.29 is 14.3 Å². The van der Waals surface area contributed by atoms with E-state index < -0.39 is 6.09 Å². The Labute approximate surface area is 146 Å². The molecule has 0 saturated carbocycles. The lowest BCUT2D eigenvalue weighted by molar-refractivity contribution is -0.121. The Morgan fingerprint density at radius 1 is 1.39 bits per heavy atom. The molecule has 1 aromatic rings. The third kappa shape index (κ3) is 8.81. The second-order valence-corrected chi connectivity index (χ2v) is 7.16. The van der Waals surface area contributed by atoms with Gasteiger partial charge in [-0.3, -0.25) is 4.79 Å². The van der Waals surface area contributed by atoms with E-state index in [-0.39, 0.29) is 11.9 Å². The molecule has 1 heterocycles. The number of hydrogen-bond donors (Lipinski definition) is 2. The lowest BCUT2D eigenvalue weighted by Gasteiger charge is -2.20. The van der Waals surface area contributed by atoms with Crippen LogP contribution in [-0.4, -0.2) is 31.2 Å². The standard InChI is InChI=1S/C16H25ClN2O3S/c1-4-22-16(21)19-13(7-11(2)3)9-18-15(20)6-5-14-8-12(17)10-23-14/h8,10-11,13H,4-7,9H2,1-3H3,(H,18,20)(H,19,21). The minimum atomic E-state index is -0.444. The fraction of sp³-hybridized carbons (Fsp3) is 0.625. The summed E-state index contributed by atoms with van der Waals surface area (Å²) in [5, 5.41) is 8.23. The van der Waals surface area contributed by atoms with Gasteiger partial charge in [0.1, 0.15) is 0 Å². The van der Waals surface area contributed by atoms with Crippen LogP contribution in [0.5, 0.6) is 0 Å². The Bertz CT molecular complexity index is 505. The van der Waals surface area contributed by atoms with Gasteiger partial charge in [-0.15, -0.1) is 11.3 Å². The molecular weight excluding hydrogens is 336 g/mol. The summed E-state index contributed by atoms with van der Waals surface area (Å²) >= 11 is 7.41. The number of carbonyl (C=O) groups excluding carboxylic acids is 2. The van der Waals surface area contributed by atoms with Gasteiger partial charge in [-0.05, 0) is 31.7 Å². The predicted molar refractivity (Wildman–Crippen MR) is 94.1 cm³/mol. The van der Waals surface area contributed by atoms with Gasteiger partial charge in [0.2, 0.25) is 5.91 Å². The minimum Gasteiger partial charge on any atom is -0.450 e. The average Bonchev–Trinajstić information content (AvgIpc) is 2.88. The van der Waals surface area contributed by atoms with E-state index in [1.54, 1.807) is 18.3 Å². The van der Waals surface area contributed by atoms with Gasteiger partial charge in [0.15, 0.2) is 0 Å². The van der Waals surface area contributed by atoms with E-state index in [1.165, 1.54) is 0 Å². The van der Waals surface area contributed by atoms with Crippen molar-refractivity contribution in [2.45, 2.75) is 46.1 Å². The number of ether oxygens (including phenoxy) is 1. The molecule has 0 radical (unpaired) electrons. The molecule has 5 nitrogen and oxygen atoms in total. The first-order valence-electron chi connectivity index (χ1n) is 7.83. The summed E-state index contributed by atoms with van der Waals surface area (Å²) in [6.45, 7) is 6.64. The van der Waals surface area contributed by atoms with Gasteiger partial charge in [-0.1, -0.05) is 25.4 Å². The van der Waals surface area contributed by atoms with Gasteiger partial charge in [-0.2, -0.15) is 0 Å².